The van der Waals surface area contributed by atoms with Crippen molar-refractivity contribution in [2.75, 3.05) is 13.7 Å². The van der Waals surface area contributed by atoms with Crippen LogP contribution in [0.3, 0.4) is 0 Å². The van der Waals surface area contributed by atoms with Crippen LogP contribution in [0.25, 0.3) is 0 Å². The van der Waals surface area contributed by atoms with Crippen LogP contribution in [0.15, 0.2) is 18.2 Å². The highest BCUT2D eigenvalue weighted by Gasteiger charge is 2.34. The third kappa shape index (κ3) is 5.27. The molecule has 2 rings (SSSR count). The summed E-state index contributed by atoms with van der Waals surface area (Å²) in [5.41, 5.74) is -0.746. The van der Waals surface area contributed by atoms with Crippen molar-refractivity contribution in [3.63, 3.8) is 0 Å². The fourth-order valence-corrected chi connectivity index (χ4v) is 2.80. The summed E-state index contributed by atoms with van der Waals surface area (Å²) in [5.74, 6) is -0.208. The van der Waals surface area contributed by atoms with E-state index in [0.29, 0.717) is 12.8 Å². The van der Waals surface area contributed by atoms with Crippen molar-refractivity contribution < 1.29 is 22.7 Å². The zero-order valence-corrected chi connectivity index (χ0v) is 14.4. The molecule has 1 heterocycles. The van der Waals surface area contributed by atoms with Crippen molar-refractivity contribution in [2.45, 2.75) is 38.5 Å². The molecule has 0 unspecified atom stereocenters. The van der Waals surface area contributed by atoms with Gasteiger partial charge in [0.05, 0.1) is 12.7 Å². The Bertz CT molecular complexity index is 567. The number of hydrogen-bond acceptors (Lipinski definition) is 3. The van der Waals surface area contributed by atoms with Gasteiger partial charge in [0.25, 0.3) is 0 Å². The van der Waals surface area contributed by atoms with Crippen LogP contribution in [-0.4, -0.2) is 25.6 Å². The average Bonchev–Trinajstić information content (AvgIpc) is 2.51. The first-order valence-corrected chi connectivity index (χ1v) is 7.56. The van der Waals surface area contributed by atoms with Crippen molar-refractivity contribution in [3.8, 4) is 5.75 Å². The monoisotopic (exact) mass is 366 g/mol. The van der Waals surface area contributed by atoms with E-state index in [2.05, 4.69) is 10.6 Å². The summed E-state index contributed by atoms with van der Waals surface area (Å²) in [6.45, 7) is 2.59. The third-order valence-electron chi connectivity index (χ3n) is 4.07. The zero-order chi connectivity index (χ0) is 17.0. The number of carbonyl (C=O) groups excluding carboxylic acids is 1. The van der Waals surface area contributed by atoms with Crippen LogP contribution < -0.4 is 15.4 Å². The van der Waals surface area contributed by atoms with E-state index >= 15 is 0 Å². The molecular formula is C16H22ClF3N2O2. The summed E-state index contributed by atoms with van der Waals surface area (Å²) < 4.78 is 44.2. The van der Waals surface area contributed by atoms with Gasteiger partial charge >= 0.3 is 6.18 Å². The van der Waals surface area contributed by atoms with E-state index in [1.165, 1.54) is 19.2 Å². The van der Waals surface area contributed by atoms with Gasteiger partial charge in [-0.2, -0.15) is 13.2 Å². The highest BCUT2D eigenvalue weighted by Crippen LogP contribution is 2.34. The Morgan fingerprint density at radius 2 is 2.12 bits per heavy atom. The summed E-state index contributed by atoms with van der Waals surface area (Å²) in [4.78, 5) is 12.2. The maximum absolute atomic E-state index is 13.1. The topological polar surface area (TPSA) is 50.4 Å². The molecule has 0 spiro atoms. The van der Waals surface area contributed by atoms with E-state index in [9.17, 15) is 18.0 Å². The molecule has 0 aromatic heterocycles. The summed E-state index contributed by atoms with van der Waals surface area (Å²) >= 11 is 0. The second kappa shape index (κ2) is 8.58. The molecule has 0 saturated carbocycles. The predicted octanol–water partition coefficient (Wildman–Crippen LogP) is 3.14. The van der Waals surface area contributed by atoms with Crippen LogP contribution in [0.5, 0.6) is 5.75 Å². The third-order valence-corrected chi connectivity index (χ3v) is 4.07. The fraction of sp³-hybridized carbons (Fsp3) is 0.562. The van der Waals surface area contributed by atoms with Crippen molar-refractivity contribution in [1.29, 1.82) is 0 Å². The second-order valence-corrected chi connectivity index (χ2v) is 5.82. The lowest BCUT2D eigenvalue weighted by molar-refractivity contribution is -0.138. The number of hydrogen-bond donors (Lipinski definition) is 2. The number of ether oxygens (including phenoxy) is 1. The first-order valence-electron chi connectivity index (χ1n) is 7.56. The SMILES string of the molecule is COc1ccc(CNC(=O)[C@H]2CCN[C@@H](C)C2)c(C(F)(F)F)c1.Cl. The van der Waals surface area contributed by atoms with Gasteiger partial charge in [0.15, 0.2) is 0 Å². The van der Waals surface area contributed by atoms with Crippen molar-refractivity contribution >= 4 is 18.3 Å². The Kier molecular flexibility index (Phi) is 7.35. The lowest BCUT2D eigenvalue weighted by Gasteiger charge is -2.27. The molecule has 1 aliphatic heterocycles. The van der Waals surface area contributed by atoms with Crippen LogP contribution in [0.1, 0.15) is 30.9 Å². The van der Waals surface area contributed by atoms with E-state index < -0.39 is 11.7 Å². The minimum Gasteiger partial charge on any atom is -0.497 e. The molecule has 0 radical (unpaired) electrons. The number of rotatable bonds is 4. The fourth-order valence-electron chi connectivity index (χ4n) is 2.80. The zero-order valence-electron chi connectivity index (χ0n) is 13.6. The molecule has 1 amide bonds. The molecule has 24 heavy (non-hydrogen) atoms. The number of amides is 1. The number of methoxy groups -OCH3 is 1. The smallest absolute Gasteiger partial charge is 0.416 e. The Morgan fingerprint density at radius 1 is 1.42 bits per heavy atom. The molecule has 2 atom stereocenters. The predicted molar refractivity (Wildman–Crippen MR) is 87.3 cm³/mol. The lowest BCUT2D eigenvalue weighted by Crippen LogP contribution is -2.42. The van der Waals surface area contributed by atoms with Gasteiger partial charge in [0.2, 0.25) is 5.91 Å². The minimum absolute atomic E-state index is 0. The molecule has 136 valence electrons. The van der Waals surface area contributed by atoms with Gasteiger partial charge in [0.1, 0.15) is 5.75 Å². The summed E-state index contributed by atoms with van der Waals surface area (Å²) in [6, 6.07) is 4.00. The Labute approximate surface area is 145 Å². The van der Waals surface area contributed by atoms with Crippen LogP contribution in [0.2, 0.25) is 0 Å². The maximum atomic E-state index is 13.1. The average molecular weight is 367 g/mol. The minimum atomic E-state index is -4.49. The number of carbonyl (C=O) groups is 1. The number of halogens is 4. The van der Waals surface area contributed by atoms with Gasteiger partial charge in [-0.25, -0.2) is 0 Å². The molecule has 8 heteroatoms. The number of benzene rings is 1. The van der Waals surface area contributed by atoms with Crippen LogP contribution >= 0.6 is 12.4 Å². The first-order chi connectivity index (χ1) is 10.8. The molecular weight excluding hydrogens is 345 g/mol. The van der Waals surface area contributed by atoms with Gasteiger partial charge in [-0.3, -0.25) is 4.79 Å². The van der Waals surface area contributed by atoms with Gasteiger partial charge in [-0.1, -0.05) is 6.07 Å². The van der Waals surface area contributed by atoms with Crippen molar-refractivity contribution in [2.24, 2.45) is 5.92 Å². The molecule has 1 aliphatic rings. The molecule has 4 nitrogen and oxygen atoms in total. The van der Waals surface area contributed by atoms with Crippen LogP contribution in [0.4, 0.5) is 13.2 Å². The highest BCUT2D eigenvalue weighted by atomic mass is 35.5. The van der Waals surface area contributed by atoms with E-state index in [-0.39, 0.29) is 48.1 Å². The van der Waals surface area contributed by atoms with Crippen molar-refractivity contribution in [3.05, 3.63) is 29.3 Å². The molecule has 0 aliphatic carbocycles. The van der Waals surface area contributed by atoms with Crippen LogP contribution in [-0.2, 0) is 17.5 Å². The second-order valence-electron chi connectivity index (χ2n) is 5.82. The summed E-state index contributed by atoms with van der Waals surface area (Å²) in [6.07, 6.45) is -3.09. The van der Waals surface area contributed by atoms with Gasteiger partial charge in [-0.05, 0) is 44.0 Å². The molecule has 1 aromatic carbocycles. The van der Waals surface area contributed by atoms with E-state index in [1.807, 2.05) is 6.92 Å². The molecule has 0 bridgehead atoms. The van der Waals surface area contributed by atoms with E-state index in [4.69, 9.17) is 4.74 Å². The van der Waals surface area contributed by atoms with E-state index in [0.717, 1.165) is 12.6 Å². The van der Waals surface area contributed by atoms with Gasteiger partial charge < -0.3 is 15.4 Å². The number of piperidine rings is 1. The normalized spacial score (nSPS) is 20.9. The standard InChI is InChI=1S/C16H21F3N2O2.ClH/c1-10-7-11(5-6-20-10)15(22)21-9-12-3-4-13(23-2)8-14(12)16(17,18)19;/h3-4,8,10-11,20H,5-7,9H2,1-2H3,(H,21,22);1H/t10-,11-;/m0./s1. The lowest BCUT2D eigenvalue weighted by atomic mass is 9.92. The summed E-state index contributed by atoms with van der Waals surface area (Å²) in [5, 5.41) is 5.87. The number of alkyl halides is 3. The first kappa shape index (κ1) is 20.6. The highest BCUT2D eigenvalue weighted by molar-refractivity contribution is 5.85. The number of nitrogens with one attached hydrogen (secondary N) is 2. The Hall–Kier alpha value is -1.47. The van der Waals surface area contributed by atoms with E-state index in [1.54, 1.807) is 0 Å². The van der Waals surface area contributed by atoms with Crippen molar-refractivity contribution in [1.82, 2.24) is 10.6 Å². The Balaban J connectivity index is 0.00000288. The molecule has 1 fully saturated rings. The molecule has 1 saturated heterocycles. The Morgan fingerprint density at radius 3 is 2.71 bits per heavy atom. The quantitative estimate of drug-likeness (QED) is 0.860. The van der Waals surface area contributed by atoms with Crippen LogP contribution in [0, 0.1) is 5.92 Å². The molecule has 1 aromatic rings. The maximum Gasteiger partial charge on any atom is 0.416 e. The largest absolute Gasteiger partial charge is 0.497 e. The van der Waals surface area contributed by atoms with Gasteiger partial charge in [-0.15, -0.1) is 12.4 Å². The summed E-state index contributed by atoms with van der Waals surface area (Å²) in [7, 11) is 1.31. The molecule has 2 N–H and O–H groups in total. The van der Waals surface area contributed by atoms with Gasteiger partial charge in [0, 0.05) is 18.5 Å².